The molecule has 11 aromatic carbocycles. The first-order chi connectivity index (χ1) is 33.7. The van der Waals surface area contributed by atoms with Gasteiger partial charge in [0.25, 0.3) is 0 Å². The normalized spacial score (nSPS) is 12.7. The van der Waals surface area contributed by atoms with Gasteiger partial charge in [0.15, 0.2) is 0 Å². The van der Waals surface area contributed by atoms with Crippen LogP contribution in [-0.4, -0.2) is 0 Å². The van der Waals surface area contributed by atoms with Gasteiger partial charge in [0.1, 0.15) is 67.0 Å². The second-order valence-electron chi connectivity index (χ2n) is 18.2. The molecular weight excluding hydrogens is 841 g/mol. The van der Waals surface area contributed by atoms with Gasteiger partial charge in [-0.25, -0.2) is 0 Å². The fourth-order valence-corrected chi connectivity index (χ4v) is 11.7. The zero-order chi connectivity index (χ0) is 43.9. The van der Waals surface area contributed by atoms with E-state index >= 15 is 0 Å². The molecule has 0 radical (unpaired) electrons. The third kappa shape index (κ3) is 4.46. The SMILES string of the molecule is c1ccc2c(c1)ccc1oc3cc(-c4cc5oc6cc7c(cc6c5c5c4oc4ccccc45)oc4cc(-c5ccc6c(c5)oc5ccc8ccccc8c56)c5oc6ccccc6c5c47)ccc3c12. The van der Waals surface area contributed by atoms with E-state index < -0.39 is 0 Å². The van der Waals surface area contributed by atoms with Crippen molar-refractivity contribution in [3.63, 3.8) is 0 Å². The molecule has 0 spiro atoms. The van der Waals surface area contributed by atoms with Crippen LogP contribution in [0.25, 0.3) is 175 Å². The molecule has 6 heteroatoms. The first kappa shape index (κ1) is 35.1. The van der Waals surface area contributed by atoms with E-state index in [-0.39, 0.29) is 0 Å². The first-order valence-corrected chi connectivity index (χ1v) is 22.9. The van der Waals surface area contributed by atoms with E-state index in [4.69, 9.17) is 26.5 Å². The van der Waals surface area contributed by atoms with Gasteiger partial charge < -0.3 is 26.5 Å². The molecule has 0 aliphatic rings. The van der Waals surface area contributed by atoms with Crippen LogP contribution in [0.2, 0.25) is 0 Å². The van der Waals surface area contributed by atoms with Crippen molar-refractivity contribution in [1.29, 1.82) is 0 Å². The number of rotatable bonds is 2. The van der Waals surface area contributed by atoms with Gasteiger partial charge >= 0.3 is 0 Å². The van der Waals surface area contributed by atoms with Crippen molar-refractivity contribution >= 4 is 153 Å². The Morgan fingerprint density at radius 3 is 1.09 bits per heavy atom. The lowest BCUT2D eigenvalue weighted by Crippen LogP contribution is -1.81. The number of para-hydroxylation sites is 2. The minimum Gasteiger partial charge on any atom is -0.456 e. The Bertz CT molecular complexity index is 4780. The van der Waals surface area contributed by atoms with Crippen LogP contribution in [-0.2, 0) is 0 Å². The van der Waals surface area contributed by atoms with E-state index in [1.807, 2.05) is 24.3 Å². The summed E-state index contributed by atoms with van der Waals surface area (Å²) in [6.45, 7) is 0. The smallest absolute Gasteiger partial charge is 0.144 e. The average Bonchev–Trinajstić information content (AvgIpc) is 4.24. The Hall–Kier alpha value is -9.26. The molecule has 0 saturated heterocycles. The van der Waals surface area contributed by atoms with Crippen molar-refractivity contribution in [2.24, 2.45) is 0 Å². The topological polar surface area (TPSA) is 78.8 Å². The molecule has 0 atom stereocenters. The summed E-state index contributed by atoms with van der Waals surface area (Å²) in [5.74, 6) is 0. The van der Waals surface area contributed by atoms with Crippen molar-refractivity contribution in [1.82, 2.24) is 0 Å². The highest BCUT2D eigenvalue weighted by Crippen LogP contribution is 2.50. The number of hydrogen-bond donors (Lipinski definition) is 0. The molecule has 0 bridgehead atoms. The fourth-order valence-electron chi connectivity index (χ4n) is 11.7. The molecule has 17 aromatic rings. The lowest BCUT2D eigenvalue weighted by Gasteiger charge is -2.05. The van der Waals surface area contributed by atoms with E-state index in [1.165, 1.54) is 21.5 Å². The van der Waals surface area contributed by atoms with Crippen molar-refractivity contribution in [2.45, 2.75) is 0 Å². The van der Waals surface area contributed by atoms with Gasteiger partial charge in [0.05, 0.1) is 0 Å². The van der Waals surface area contributed by atoms with E-state index in [0.717, 1.165) is 154 Å². The Morgan fingerprint density at radius 2 is 0.603 bits per heavy atom. The van der Waals surface area contributed by atoms with E-state index in [9.17, 15) is 0 Å². The third-order valence-corrected chi connectivity index (χ3v) is 14.6. The summed E-state index contributed by atoms with van der Waals surface area (Å²) in [5, 5.41) is 17.0. The Balaban J connectivity index is 0.903. The quantitative estimate of drug-likeness (QED) is 0.172. The maximum Gasteiger partial charge on any atom is 0.144 e. The van der Waals surface area contributed by atoms with Crippen LogP contribution in [0.5, 0.6) is 0 Å². The average molecular weight is 871 g/mol. The Labute approximate surface area is 382 Å². The maximum atomic E-state index is 6.98. The number of benzene rings is 11. The molecule has 0 fully saturated rings. The first-order valence-electron chi connectivity index (χ1n) is 22.9. The van der Waals surface area contributed by atoms with Crippen molar-refractivity contribution in [3.05, 3.63) is 182 Å². The van der Waals surface area contributed by atoms with Crippen LogP contribution in [0.3, 0.4) is 0 Å². The fraction of sp³-hybridized carbons (Fsp3) is 0. The van der Waals surface area contributed by atoms with Crippen LogP contribution in [0.1, 0.15) is 0 Å². The lowest BCUT2D eigenvalue weighted by molar-refractivity contribution is 0.661. The van der Waals surface area contributed by atoms with E-state index in [1.54, 1.807) is 0 Å². The molecule has 0 aliphatic heterocycles. The molecule has 314 valence electrons. The van der Waals surface area contributed by atoms with Crippen LogP contribution < -0.4 is 0 Å². The van der Waals surface area contributed by atoms with Gasteiger partial charge in [-0.3, -0.25) is 0 Å². The maximum absolute atomic E-state index is 6.98. The van der Waals surface area contributed by atoms with E-state index in [2.05, 4.69) is 158 Å². The highest BCUT2D eigenvalue weighted by molar-refractivity contribution is 6.33. The molecular formula is C62H30O6. The largest absolute Gasteiger partial charge is 0.456 e. The summed E-state index contributed by atoms with van der Waals surface area (Å²) >= 11 is 0. The molecule has 17 rings (SSSR count). The van der Waals surface area contributed by atoms with Gasteiger partial charge in [-0.2, -0.15) is 0 Å². The molecule has 0 aliphatic carbocycles. The van der Waals surface area contributed by atoms with Gasteiger partial charge in [-0.1, -0.05) is 109 Å². The second-order valence-corrected chi connectivity index (χ2v) is 18.2. The molecule has 0 saturated carbocycles. The monoisotopic (exact) mass is 870 g/mol. The molecule has 6 heterocycles. The Kier molecular flexibility index (Phi) is 6.36. The Morgan fingerprint density at radius 1 is 0.206 bits per heavy atom. The highest BCUT2D eigenvalue weighted by atomic mass is 16.4. The summed E-state index contributed by atoms with van der Waals surface area (Å²) in [7, 11) is 0. The second kappa shape index (κ2) is 12.3. The number of fused-ring (bicyclic) bond motifs is 24. The van der Waals surface area contributed by atoms with Crippen LogP contribution in [0.4, 0.5) is 0 Å². The summed E-state index contributed by atoms with van der Waals surface area (Å²) in [6.07, 6.45) is 0. The molecule has 68 heavy (non-hydrogen) atoms. The standard InChI is InChI=1S/C62H30O6/c1-3-11-35-31(9-1)19-23-47-55(35)39-21-17-33(25-49(39)63-47)41-27-53-57(59-37-13-5-7-15-45(37)67-61(41)59)43-29-52-44(30-51(43)65-53)58-54(66-52)28-42(62-60(58)38-14-6-8-16-46(38)68-62)34-18-22-40-50(26-34)64-48-24-20-32-10-2-4-12-36(32)56(40)48/h1-30H. The van der Waals surface area contributed by atoms with Gasteiger partial charge in [0, 0.05) is 75.8 Å². The van der Waals surface area contributed by atoms with E-state index in [0.29, 0.717) is 0 Å². The zero-order valence-corrected chi connectivity index (χ0v) is 35.8. The van der Waals surface area contributed by atoms with Crippen molar-refractivity contribution < 1.29 is 26.5 Å². The molecule has 0 unspecified atom stereocenters. The van der Waals surface area contributed by atoms with Crippen molar-refractivity contribution in [3.8, 4) is 22.3 Å². The van der Waals surface area contributed by atoms with Gasteiger partial charge in [-0.05, 0) is 105 Å². The summed E-state index contributed by atoms with van der Waals surface area (Å²) in [4.78, 5) is 0. The van der Waals surface area contributed by atoms with Crippen molar-refractivity contribution in [2.75, 3.05) is 0 Å². The summed E-state index contributed by atoms with van der Waals surface area (Å²) < 4.78 is 40.7. The lowest BCUT2D eigenvalue weighted by atomic mass is 9.96. The van der Waals surface area contributed by atoms with Crippen LogP contribution in [0.15, 0.2) is 208 Å². The highest BCUT2D eigenvalue weighted by Gasteiger charge is 2.26. The molecule has 6 aromatic heterocycles. The van der Waals surface area contributed by atoms with Gasteiger partial charge in [0.2, 0.25) is 0 Å². The minimum absolute atomic E-state index is 0.756. The van der Waals surface area contributed by atoms with Gasteiger partial charge in [-0.15, -0.1) is 0 Å². The predicted molar refractivity (Wildman–Crippen MR) is 276 cm³/mol. The summed E-state index contributed by atoms with van der Waals surface area (Å²) in [5.41, 5.74) is 13.4. The minimum atomic E-state index is 0.756. The van der Waals surface area contributed by atoms with Crippen LogP contribution >= 0.6 is 0 Å². The predicted octanol–water partition coefficient (Wildman–Crippen LogP) is 18.7. The number of hydrogen-bond acceptors (Lipinski definition) is 6. The third-order valence-electron chi connectivity index (χ3n) is 14.6. The number of furan rings is 6. The summed E-state index contributed by atoms with van der Waals surface area (Å²) in [6, 6.07) is 63.2. The molecule has 0 amide bonds. The van der Waals surface area contributed by atoms with Crippen LogP contribution in [0, 0.1) is 0 Å². The molecule has 6 nitrogen and oxygen atoms in total. The zero-order valence-electron chi connectivity index (χ0n) is 35.8. The molecule has 0 N–H and O–H groups in total.